The normalized spacial score (nSPS) is 22.5. The highest BCUT2D eigenvalue weighted by molar-refractivity contribution is 6.02. The summed E-state index contributed by atoms with van der Waals surface area (Å²) in [5.74, 6) is -0.206. The van der Waals surface area contributed by atoms with Crippen LogP contribution in [0.3, 0.4) is 0 Å². The number of carbonyl (C=O) groups is 4. The summed E-state index contributed by atoms with van der Waals surface area (Å²) >= 11 is 0. The fraction of sp³-hybridized carbons (Fsp3) is 0.450. The standard InChI is InChI=1S/C40H45N5O6/c1-24-30(27-18-19-41-33(21-27)40(49)50)6-3-7-35(24)51-29-12-8-25(9-13-29)10-17-37(47)45-20-4-5-28(23-45)26-11-14-31-34(22-26)44(2)43-38(31)32-15-16-36(46)42-39(32)48/h3,6-7,11,14,18-19,21-22,25,28-29,32H,4-5,8-10,12-13,15-17,20,23H2,1-2H3,(H,49,50)(H,42,46,48). The van der Waals surface area contributed by atoms with Gasteiger partial charge in [0, 0.05) is 50.5 Å². The second-order valence-corrected chi connectivity index (χ2v) is 14.4. The number of likely N-dealkylation sites (tertiary alicyclic amines) is 1. The fourth-order valence-corrected chi connectivity index (χ4v) is 8.22. The second kappa shape index (κ2) is 14.7. The van der Waals surface area contributed by atoms with Crippen LogP contribution in [0.5, 0.6) is 5.75 Å². The molecule has 4 heterocycles. The van der Waals surface area contributed by atoms with Crippen LogP contribution >= 0.6 is 0 Å². The number of ether oxygens (including phenoxy) is 1. The van der Waals surface area contributed by atoms with Crippen molar-refractivity contribution in [3.05, 3.63) is 77.2 Å². The lowest BCUT2D eigenvalue weighted by Crippen LogP contribution is -2.39. The number of imide groups is 1. The molecule has 2 atom stereocenters. The highest BCUT2D eigenvalue weighted by Gasteiger charge is 2.32. The minimum atomic E-state index is -1.05. The molecule has 2 saturated heterocycles. The first-order valence-corrected chi connectivity index (χ1v) is 18.2. The number of piperidine rings is 2. The number of benzene rings is 2. The number of fused-ring (bicyclic) bond motifs is 1. The third-order valence-electron chi connectivity index (χ3n) is 11.1. The Morgan fingerprint density at radius 1 is 1.02 bits per heavy atom. The van der Waals surface area contributed by atoms with Gasteiger partial charge in [0.15, 0.2) is 0 Å². The van der Waals surface area contributed by atoms with Crippen LogP contribution in [0.4, 0.5) is 0 Å². The van der Waals surface area contributed by atoms with E-state index in [4.69, 9.17) is 9.84 Å². The van der Waals surface area contributed by atoms with E-state index in [9.17, 15) is 24.3 Å². The molecule has 0 spiro atoms. The number of hydrogen-bond acceptors (Lipinski definition) is 7. The maximum atomic E-state index is 13.5. The quantitative estimate of drug-likeness (QED) is 0.195. The molecule has 2 unspecified atom stereocenters. The molecule has 0 radical (unpaired) electrons. The Kier molecular flexibility index (Phi) is 9.88. The first-order valence-electron chi connectivity index (χ1n) is 18.2. The zero-order valence-corrected chi connectivity index (χ0v) is 29.3. The van der Waals surface area contributed by atoms with Gasteiger partial charge in [0.25, 0.3) is 0 Å². The molecule has 1 aliphatic carbocycles. The molecule has 3 fully saturated rings. The molecular weight excluding hydrogens is 646 g/mol. The van der Waals surface area contributed by atoms with Gasteiger partial charge in [-0.2, -0.15) is 5.10 Å². The average Bonchev–Trinajstić information content (AvgIpc) is 3.47. The summed E-state index contributed by atoms with van der Waals surface area (Å²) in [4.78, 5) is 55.1. The van der Waals surface area contributed by atoms with Gasteiger partial charge in [0.05, 0.1) is 23.2 Å². The minimum Gasteiger partial charge on any atom is -0.490 e. The van der Waals surface area contributed by atoms with Crippen LogP contribution in [0.15, 0.2) is 54.7 Å². The molecule has 2 aromatic carbocycles. The molecule has 266 valence electrons. The van der Waals surface area contributed by atoms with Crippen LogP contribution in [-0.2, 0) is 21.4 Å². The monoisotopic (exact) mass is 691 g/mol. The van der Waals surface area contributed by atoms with Gasteiger partial charge in [-0.1, -0.05) is 24.3 Å². The van der Waals surface area contributed by atoms with Gasteiger partial charge in [-0.3, -0.25) is 24.4 Å². The summed E-state index contributed by atoms with van der Waals surface area (Å²) in [7, 11) is 1.89. The number of amides is 3. The van der Waals surface area contributed by atoms with Gasteiger partial charge < -0.3 is 14.7 Å². The number of aromatic nitrogens is 3. The number of hydrogen-bond donors (Lipinski definition) is 2. The summed E-state index contributed by atoms with van der Waals surface area (Å²) in [6.45, 7) is 3.50. The molecule has 2 aliphatic heterocycles. The van der Waals surface area contributed by atoms with Crippen molar-refractivity contribution in [1.82, 2.24) is 25.0 Å². The van der Waals surface area contributed by atoms with E-state index < -0.39 is 11.9 Å². The molecule has 2 aromatic heterocycles. The van der Waals surface area contributed by atoms with Gasteiger partial charge in [-0.15, -0.1) is 0 Å². The van der Waals surface area contributed by atoms with Crippen molar-refractivity contribution >= 4 is 34.6 Å². The molecule has 2 N–H and O–H groups in total. The molecule has 51 heavy (non-hydrogen) atoms. The van der Waals surface area contributed by atoms with Crippen LogP contribution in [0.2, 0.25) is 0 Å². The number of carbonyl (C=O) groups excluding carboxylic acids is 3. The van der Waals surface area contributed by atoms with Gasteiger partial charge >= 0.3 is 5.97 Å². The second-order valence-electron chi connectivity index (χ2n) is 14.4. The van der Waals surface area contributed by atoms with E-state index >= 15 is 0 Å². The van der Waals surface area contributed by atoms with Crippen molar-refractivity contribution in [2.45, 2.75) is 89.1 Å². The number of nitrogens with zero attached hydrogens (tertiary/aromatic N) is 4. The lowest BCUT2D eigenvalue weighted by molar-refractivity contribution is -0.134. The number of pyridine rings is 1. The average molecular weight is 692 g/mol. The number of rotatable bonds is 9. The Bertz CT molecular complexity index is 1980. The van der Waals surface area contributed by atoms with Crippen molar-refractivity contribution in [2.75, 3.05) is 13.1 Å². The fourth-order valence-electron chi connectivity index (χ4n) is 8.22. The Morgan fingerprint density at radius 3 is 2.63 bits per heavy atom. The van der Waals surface area contributed by atoms with Crippen molar-refractivity contribution in [1.29, 1.82) is 0 Å². The van der Waals surface area contributed by atoms with E-state index in [-0.39, 0.29) is 35.4 Å². The molecule has 11 heteroatoms. The molecule has 7 rings (SSSR count). The molecule has 0 bridgehead atoms. The molecule has 4 aromatic rings. The number of aryl methyl sites for hydroxylation is 1. The number of carboxylic acids is 1. The van der Waals surface area contributed by atoms with Crippen molar-refractivity contribution in [3.63, 3.8) is 0 Å². The molecule has 3 amide bonds. The Balaban J connectivity index is 0.910. The summed E-state index contributed by atoms with van der Waals surface area (Å²) < 4.78 is 8.30. The highest BCUT2D eigenvalue weighted by Crippen LogP contribution is 2.37. The van der Waals surface area contributed by atoms with Crippen molar-refractivity contribution in [2.24, 2.45) is 13.0 Å². The minimum absolute atomic E-state index is 0.0150. The van der Waals surface area contributed by atoms with Crippen LogP contribution in [0.25, 0.3) is 22.0 Å². The zero-order chi connectivity index (χ0) is 35.6. The lowest BCUT2D eigenvalue weighted by Gasteiger charge is -2.34. The highest BCUT2D eigenvalue weighted by atomic mass is 16.5. The lowest BCUT2D eigenvalue weighted by atomic mass is 9.84. The SMILES string of the molecule is Cc1c(OC2CCC(CCC(=O)N3CCCC(c4ccc5c(C6CCC(=O)NC6=O)nn(C)c5c4)C3)CC2)cccc1-c1ccnc(C(=O)O)c1. The van der Waals surface area contributed by atoms with Crippen LogP contribution in [0.1, 0.15) is 103 Å². The smallest absolute Gasteiger partial charge is 0.354 e. The maximum absolute atomic E-state index is 13.5. The Morgan fingerprint density at radius 2 is 1.84 bits per heavy atom. The Hall–Kier alpha value is -5.06. The number of aromatic carboxylic acids is 1. The van der Waals surface area contributed by atoms with Crippen LogP contribution in [-0.4, -0.2) is 67.7 Å². The largest absolute Gasteiger partial charge is 0.490 e. The summed E-state index contributed by atoms with van der Waals surface area (Å²) in [6, 6.07) is 15.6. The van der Waals surface area contributed by atoms with Crippen LogP contribution < -0.4 is 10.1 Å². The van der Waals surface area contributed by atoms with E-state index in [2.05, 4.69) is 22.4 Å². The van der Waals surface area contributed by atoms with E-state index in [0.717, 1.165) is 84.8 Å². The topological polar surface area (TPSA) is 144 Å². The van der Waals surface area contributed by atoms with Gasteiger partial charge in [0.2, 0.25) is 17.7 Å². The molecular formula is C40H45N5O6. The third kappa shape index (κ3) is 7.38. The van der Waals surface area contributed by atoms with Crippen molar-refractivity contribution < 1.29 is 29.0 Å². The van der Waals surface area contributed by atoms with E-state index in [1.54, 1.807) is 6.07 Å². The molecule has 11 nitrogen and oxygen atoms in total. The van der Waals surface area contributed by atoms with Gasteiger partial charge in [-0.25, -0.2) is 9.78 Å². The zero-order valence-electron chi connectivity index (χ0n) is 29.3. The van der Waals surface area contributed by atoms with E-state index in [1.165, 1.54) is 11.8 Å². The van der Waals surface area contributed by atoms with Crippen LogP contribution in [0, 0.1) is 12.8 Å². The number of nitrogens with one attached hydrogen (secondary N) is 1. The van der Waals surface area contributed by atoms with Crippen molar-refractivity contribution in [3.8, 4) is 16.9 Å². The van der Waals surface area contributed by atoms with Gasteiger partial charge in [-0.05, 0) is 111 Å². The predicted molar refractivity (Wildman–Crippen MR) is 191 cm³/mol. The van der Waals surface area contributed by atoms with Gasteiger partial charge in [0.1, 0.15) is 11.4 Å². The number of carboxylic acid groups (broad SMARTS) is 1. The first kappa shape index (κ1) is 34.4. The van der Waals surface area contributed by atoms with E-state index in [0.29, 0.717) is 37.4 Å². The Labute approximate surface area is 297 Å². The summed E-state index contributed by atoms with van der Waals surface area (Å²) in [5, 5.41) is 17.4. The molecule has 3 aliphatic rings. The first-order chi connectivity index (χ1) is 24.6. The molecule has 1 saturated carbocycles. The predicted octanol–water partition coefficient (Wildman–Crippen LogP) is 6.29. The summed E-state index contributed by atoms with van der Waals surface area (Å²) in [5.41, 5.74) is 5.58. The maximum Gasteiger partial charge on any atom is 0.354 e. The summed E-state index contributed by atoms with van der Waals surface area (Å²) in [6.07, 6.45) is 9.77. The third-order valence-corrected chi connectivity index (χ3v) is 11.1. The van der Waals surface area contributed by atoms with E-state index in [1.807, 2.05) is 53.9 Å².